The summed E-state index contributed by atoms with van der Waals surface area (Å²) in [7, 11) is 1.63. The van der Waals surface area contributed by atoms with E-state index in [9.17, 15) is 5.11 Å². The molecular formula is C16H16BrClO2. The van der Waals surface area contributed by atoms with Crippen LogP contribution in [0.25, 0.3) is 0 Å². The Hall–Kier alpha value is -1.03. The average Bonchev–Trinajstić information content (AvgIpc) is 2.39. The largest absolute Gasteiger partial charge is 0.496 e. The van der Waals surface area contributed by atoms with Gasteiger partial charge in [0.25, 0.3) is 0 Å². The van der Waals surface area contributed by atoms with Crippen LogP contribution in [0.1, 0.15) is 18.1 Å². The molecule has 0 spiro atoms. The molecule has 0 saturated heterocycles. The van der Waals surface area contributed by atoms with Gasteiger partial charge in [0, 0.05) is 15.9 Å². The predicted octanol–water partition coefficient (Wildman–Crippen LogP) is 4.56. The molecule has 1 unspecified atom stereocenters. The smallest absolute Gasteiger partial charge is 0.122 e. The van der Waals surface area contributed by atoms with E-state index in [0.717, 1.165) is 21.3 Å². The number of ether oxygens (including phenoxy) is 1. The lowest BCUT2D eigenvalue weighted by atomic mass is 9.89. The maximum atomic E-state index is 10.7. The van der Waals surface area contributed by atoms with Crippen molar-refractivity contribution in [2.24, 2.45) is 0 Å². The lowest BCUT2D eigenvalue weighted by Gasteiger charge is -2.25. The molecule has 0 saturated carbocycles. The Morgan fingerprint density at radius 3 is 2.45 bits per heavy atom. The maximum Gasteiger partial charge on any atom is 0.122 e. The molecule has 0 heterocycles. The van der Waals surface area contributed by atoms with Gasteiger partial charge in [0.1, 0.15) is 5.75 Å². The highest BCUT2D eigenvalue weighted by Gasteiger charge is 2.25. The van der Waals surface area contributed by atoms with Crippen LogP contribution in [0.3, 0.4) is 0 Å². The summed E-state index contributed by atoms with van der Waals surface area (Å²) >= 11 is 9.33. The minimum Gasteiger partial charge on any atom is -0.496 e. The number of methoxy groups -OCH3 is 1. The third-order valence-corrected chi connectivity index (χ3v) is 3.99. The Labute approximate surface area is 132 Å². The predicted molar refractivity (Wildman–Crippen MR) is 85.4 cm³/mol. The van der Waals surface area contributed by atoms with Crippen molar-refractivity contribution < 1.29 is 9.84 Å². The van der Waals surface area contributed by atoms with Gasteiger partial charge in [-0.05, 0) is 48.4 Å². The van der Waals surface area contributed by atoms with Gasteiger partial charge in [-0.1, -0.05) is 39.7 Å². The van der Waals surface area contributed by atoms with E-state index in [1.54, 1.807) is 26.2 Å². The van der Waals surface area contributed by atoms with Crippen molar-refractivity contribution in [2.75, 3.05) is 7.11 Å². The lowest BCUT2D eigenvalue weighted by molar-refractivity contribution is 0.0569. The van der Waals surface area contributed by atoms with Gasteiger partial charge >= 0.3 is 0 Å². The fraction of sp³-hybridized carbons (Fsp3) is 0.250. The van der Waals surface area contributed by atoms with E-state index in [1.165, 1.54) is 0 Å². The summed E-state index contributed by atoms with van der Waals surface area (Å²) < 4.78 is 6.31. The Balaban J connectivity index is 2.32. The van der Waals surface area contributed by atoms with E-state index in [4.69, 9.17) is 16.3 Å². The number of hydrogen-bond donors (Lipinski definition) is 1. The van der Waals surface area contributed by atoms with E-state index in [0.29, 0.717) is 11.4 Å². The molecule has 0 aromatic heterocycles. The van der Waals surface area contributed by atoms with E-state index >= 15 is 0 Å². The van der Waals surface area contributed by atoms with Crippen LogP contribution in [0.2, 0.25) is 5.02 Å². The van der Waals surface area contributed by atoms with Gasteiger partial charge in [0.15, 0.2) is 0 Å². The van der Waals surface area contributed by atoms with Crippen LogP contribution in [-0.4, -0.2) is 12.2 Å². The molecule has 20 heavy (non-hydrogen) atoms. The Kier molecular flexibility index (Phi) is 4.74. The molecule has 0 aliphatic carbocycles. The van der Waals surface area contributed by atoms with Gasteiger partial charge in [0.05, 0.1) is 12.7 Å². The third kappa shape index (κ3) is 3.54. The first-order valence-corrected chi connectivity index (χ1v) is 7.40. The zero-order valence-electron chi connectivity index (χ0n) is 11.4. The molecule has 2 rings (SSSR count). The van der Waals surface area contributed by atoms with Crippen molar-refractivity contribution >= 4 is 27.5 Å². The second-order valence-electron chi connectivity index (χ2n) is 4.91. The van der Waals surface area contributed by atoms with Crippen LogP contribution >= 0.6 is 27.5 Å². The zero-order valence-corrected chi connectivity index (χ0v) is 13.7. The van der Waals surface area contributed by atoms with Crippen molar-refractivity contribution in [1.82, 2.24) is 0 Å². The molecule has 2 aromatic rings. The third-order valence-electron chi connectivity index (χ3n) is 3.24. The normalized spacial score (nSPS) is 13.8. The van der Waals surface area contributed by atoms with Crippen molar-refractivity contribution in [2.45, 2.75) is 18.9 Å². The highest BCUT2D eigenvalue weighted by atomic mass is 79.9. The molecule has 106 valence electrons. The first kappa shape index (κ1) is 15.4. The minimum atomic E-state index is -0.987. The molecule has 0 radical (unpaired) electrons. The van der Waals surface area contributed by atoms with Crippen LogP contribution in [0.4, 0.5) is 0 Å². The van der Waals surface area contributed by atoms with Crippen molar-refractivity contribution in [1.29, 1.82) is 0 Å². The van der Waals surface area contributed by atoms with Gasteiger partial charge in [-0.2, -0.15) is 0 Å². The second kappa shape index (κ2) is 6.17. The van der Waals surface area contributed by atoms with Crippen LogP contribution < -0.4 is 4.74 Å². The highest BCUT2D eigenvalue weighted by Crippen LogP contribution is 2.31. The molecular weight excluding hydrogens is 340 g/mol. The van der Waals surface area contributed by atoms with E-state index in [1.807, 2.05) is 30.3 Å². The average molecular weight is 356 g/mol. The van der Waals surface area contributed by atoms with Gasteiger partial charge in [0.2, 0.25) is 0 Å². The highest BCUT2D eigenvalue weighted by molar-refractivity contribution is 9.10. The van der Waals surface area contributed by atoms with Gasteiger partial charge in [-0.15, -0.1) is 0 Å². The van der Waals surface area contributed by atoms with Crippen molar-refractivity contribution in [3.8, 4) is 5.75 Å². The van der Waals surface area contributed by atoms with Crippen LogP contribution in [-0.2, 0) is 12.0 Å². The van der Waals surface area contributed by atoms with Crippen molar-refractivity contribution in [3.63, 3.8) is 0 Å². The Bertz CT molecular complexity index is 594. The Morgan fingerprint density at radius 2 is 1.85 bits per heavy atom. The number of rotatable bonds is 4. The summed E-state index contributed by atoms with van der Waals surface area (Å²) in [6.45, 7) is 1.79. The monoisotopic (exact) mass is 354 g/mol. The van der Waals surface area contributed by atoms with Gasteiger partial charge in [-0.25, -0.2) is 0 Å². The van der Waals surface area contributed by atoms with Gasteiger partial charge in [-0.3, -0.25) is 0 Å². The fourth-order valence-corrected chi connectivity index (χ4v) is 2.70. The second-order valence-corrected chi connectivity index (χ2v) is 6.27. The van der Waals surface area contributed by atoms with E-state index < -0.39 is 5.60 Å². The number of aliphatic hydroxyl groups is 1. The quantitative estimate of drug-likeness (QED) is 0.871. The Morgan fingerprint density at radius 1 is 1.20 bits per heavy atom. The minimum absolute atomic E-state index is 0.456. The van der Waals surface area contributed by atoms with E-state index in [-0.39, 0.29) is 0 Å². The van der Waals surface area contributed by atoms with Crippen LogP contribution in [0.5, 0.6) is 5.75 Å². The standard InChI is InChI=1S/C16H16BrClO2/c1-16(19,12-3-6-14(18)7-4-12)10-11-9-13(17)5-8-15(11)20-2/h3-9,19H,10H2,1-2H3. The number of halogens is 2. The molecule has 2 aromatic carbocycles. The van der Waals surface area contributed by atoms with E-state index in [2.05, 4.69) is 15.9 Å². The molecule has 0 fully saturated rings. The van der Waals surface area contributed by atoms with Crippen molar-refractivity contribution in [3.05, 3.63) is 63.1 Å². The summed E-state index contributed by atoms with van der Waals surface area (Å²) in [5.41, 5.74) is 0.782. The molecule has 0 aliphatic rings. The summed E-state index contributed by atoms with van der Waals surface area (Å²) in [6, 6.07) is 13.0. The molecule has 0 amide bonds. The number of hydrogen-bond acceptors (Lipinski definition) is 2. The first-order chi connectivity index (χ1) is 9.42. The molecule has 0 aliphatic heterocycles. The molecule has 4 heteroatoms. The van der Waals surface area contributed by atoms with Gasteiger partial charge < -0.3 is 9.84 Å². The summed E-state index contributed by atoms with van der Waals surface area (Å²) in [5.74, 6) is 0.766. The SMILES string of the molecule is COc1ccc(Br)cc1CC(C)(O)c1ccc(Cl)cc1. The topological polar surface area (TPSA) is 29.5 Å². The summed E-state index contributed by atoms with van der Waals surface area (Å²) in [6.07, 6.45) is 0.456. The lowest BCUT2D eigenvalue weighted by Crippen LogP contribution is -2.24. The zero-order chi connectivity index (χ0) is 14.8. The molecule has 1 N–H and O–H groups in total. The maximum absolute atomic E-state index is 10.7. The number of benzene rings is 2. The molecule has 0 bridgehead atoms. The first-order valence-electron chi connectivity index (χ1n) is 6.23. The van der Waals surface area contributed by atoms with Crippen LogP contribution in [0, 0.1) is 0 Å². The summed E-state index contributed by atoms with van der Waals surface area (Å²) in [4.78, 5) is 0. The fourth-order valence-electron chi connectivity index (χ4n) is 2.17. The summed E-state index contributed by atoms with van der Waals surface area (Å²) in [5, 5.41) is 11.4. The molecule has 2 nitrogen and oxygen atoms in total. The van der Waals surface area contributed by atoms with Crippen LogP contribution in [0.15, 0.2) is 46.9 Å². The molecule has 1 atom stereocenters.